The summed E-state index contributed by atoms with van der Waals surface area (Å²) >= 11 is 0. The van der Waals surface area contributed by atoms with Crippen molar-refractivity contribution in [2.45, 2.75) is 174 Å². The maximum Gasteiger partial charge on any atom is 0.472 e. The zero-order valence-electron chi connectivity index (χ0n) is 32.3. The standard InChI is InChI=1S/C41H74NO8P/c1-3-5-7-9-11-13-15-16-17-18-19-20-21-22-24-25-27-29-31-33-40(43)47-37-39(38-49-51(45,46)48-36-35-42)50-41(44)34-32-30-28-26-23-14-12-10-8-6-4-2/h11,13,16-17,19-20,22,24,39H,3-10,12,14-15,18,21,23,25-38,42H2,1-2H3,(H,45,46). The molecule has 0 rings (SSSR count). The van der Waals surface area contributed by atoms with Gasteiger partial charge in [0.15, 0.2) is 6.10 Å². The maximum atomic E-state index is 12.5. The van der Waals surface area contributed by atoms with Crippen LogP contribution in [0.1, 0.15) is 168 Å². The lowest BCUT2D eigenvalue weighted by Crippen LogP contribution is -2.29. The highest BCUT2D eigenvalue weighted by Gasteiger charge is 2.25. The second-order valence-electron chi connectivity index (χ2n) is 13.2. The third-order valence-electron chi connectivity index (χ3n) is 8.22. The zero-order valence-corrected chi connectivity index (χ0v) is 33.2. The van der Waals surface area contributed by atoms with Gasteiger partial charge in [0.25, 0.3) is 0 Å². The van der Waals surface area contributed by atoms with Crippen LogP contribution in [0.3, 0.4) is 0 Å². The van der Waals surface area contributed by atoms with Crippen LogP contribution < -0.4 is 5.73 Å². The van der Waals surface area contributed by atoms with E-state index in [0.717, 1.165) is 57.8 Å². The number of ether oxygens (including phenoxy) is 2. The van der Waals surface area contributed by atoms with Gasteiger partial charge >= 0.3 is 19.8 Å². The molecule has 0 bridgehead atoms. The van der Waals surface area contributed by atoms with E-state index in [-0.39, 0.29) is 32.6 Å². The number of phosphoric acid groups is 1. The Morgan fingerprint density at radius 3 is 1.55 bits per heavy atom. The summed E-state index contributed by atoms with van der Waals surface area (Å²) in [5, 5.41) is 0. The molecule has 0 aromatic heterocycles. The summed E-state index contributed by atoms with van der Waals surface area (Å²) in [7, 11) is -4.38. The molecule has 9 nitrogen and oxygen atoms in total. The molecule has 0 radical (unpaired) electrons. The summed E-state index contributed by atoms with van der Waals surface area (Å²) in [5.74, 6) is -0.867. The van der Waals surface area contributed by atoms with Gasteiger partial charge in [-0.3, -0.25) is 18.6 Å². The van der Waals surface area contributed by atoms with E-state index in [0.29, 0.717) is 12.8 Å². The molecule has 0 saturated heterocycles. The minimum Gasteiger partial charge on any atom is -0.462 e. The van der Waals surface area contributed by atoms with Crippen molar-refractivity contribution in [3.05, 3.63) is 48.6 Å². The third kappa shape index (κ3) is 37.5. The monoisotopic (exact) mass is 740 g/mol. The molecule has 0 saturated carbocycles. The largest absolute Gasteiger partial charge is 0.472 e. The van der Waals surface area contributed by atoms with Crippen LogP contribution in [0.4, 0.5) is 0 Å². The highest BCUT2D eigenvalue weighted by atomic mass is 31.2. The summed E-state index contributed by atoms with van der Waals surface area (Å²) in [6, 6.07) is 0. The van der Waals surface area contributed by atoms with Crippen LogP contribution in [0, 0.1) is 0 Å². The molecule has 10 heteroatoms. The third-order valence-corrected chi connectivity index (χ3v) is 9.20. The molecule has 0 heterocycles. The van der Waals surface area contributed by atoms with E-state index >= 15 is 0 Å². The maximum absolute atomic E-state index is 12.5. The van der Waals surface area contributed by atoms with Crippen LogP contribution >= 0.6 is 7.82 Å². The molecule has 0 aliphatic carbocycles. The van der Waals surface area contributed by atoms with Gasteiger partial charge in [0.2, 0.25) is 0 Å². The Bertz CT molecular complexity index is 981. The molecule has 0 aliphatic heterocycles. The molecule has 0 aromatic rings. The second kappa shape index (κ2) is 37.7. The van der Waals surface area contributed by atoms with Gasteiger partial charge in [-0.25, -0.2) is 4.57 Å². The minimum absolute atomic E-state index is 0.0481. The first-order chi connectivity index (χ1) is 24.8. The normalized spacial score (nSPS) is 13.9. The molecule has 2 atom stereocenters. The van der Waals surface area contributed by atoms with Crippen LogP contribution in [0.15, 0.2) is 48.6 Å². The summed E-state index contributed by atoms with van der Waals surface area (Å²) in [6.45, 7) is 3.64. The number of carbonyl (C=O) groups is 2. The van der Waals surface area contributed by atoms with Crippen molar-refractivity contribution in [1.29, 1.82) is 0 Å². The van der Waals surface area contributed by atoms with E-state index in [1.807, 2.05) is 0 Å². The first kappa shape index (κ1) is 49.0. The van der Waals surface area contributed by atoms with Gasteiger partial charge in [-0.05, 0) is 57.8 Å². The number of phosphoric ester groups is 1. The lowest BCUT2D eigenvalue weighted by Gasteiger charge is -2.19. The quantitative estimate of drug-likeness (QED) is 0.0276. The smallest absolute Gasteiger partial charge is 0.462 e. The van der Waals surface area contributed by atoms with Crippen molar-refractivity contribution in [3.63, 3.8) is 0 Å². The highest BCUT2D eigenvalue weighted by molar-refractivity contribution is 7.47. The predicted octanol–water partition coefficient (Wildman–Crippen LogP) is 11.2. The van der Waals surface area contributed by atoms with Gasteiger partial charge in [0.05, 0.1) is 13.2 Å². The number of carbonyl (C=O) groups excluding carboxylic acids is 2. The molecule has 2 unspecified atom stereocenters. The summed E-state index contributed by atoms with van der Waals surface area (Å²) < 4.78 is 32.6. The van der Waals surface area contributed by atoms with E-state index in [4.69, 9.17) is 24.3 Å². The van der Waals surface area contributed by atoms with Crippen LogP contribution in [0.5, 0.6) is 0 Å². The number of hydrogen-bond donors (Lipinski definition) is 2. The summed E-state index contributed by atoms with van der Waals surface area (Å²) in [4.78, 5) is 34.7. The molecule has 0 amide bonds. The Hall–Kier alpha value is -2.03. The average Bonchev–Trinajstić information content (AvgIpc) is 3.11. The number of esters is 2. The van der Waals surface area contributed by atoms with Crippen LogP contribution in [0.2, 0.25) is 0 Å². The SMILES string of the molecule is CCCCCC=CCC=CCC=CCC=CCCCCCC(=O)OCC(COP(=O)(O)OCCN)OC(=O)CCCCCCCCCCCCC. The fourth-order valence-electron chi connectivity index (χ4n) is 5.20. The van der Waals surface area contributed by atoms with Gasteiger partial charge in [0.1, 0.15) is 6.61 Å². The molecular formula is C41H74NO8P. The van der Waals surface area contributed by atoms with Gasteiger partial charge in [-0.15, -0.1) is 0 Å². The fraction of sp³-hybridized carbons (Fsp3) is 0.756. The number of rotatable bonds is 37. The molecule has 51 heavy (non-hydrogen) atoms. The Morgan fingerprint density at radius 1 is 0.588 bits per heavy atom. The van der Waals surface area contributed by atoms with Crippen molar-refractivity contribution >= 4 is 19.8 Å². The van der Waals surface area contributed by atoms with Crippen molar-refractivity contribution in [3.8, 4) is 0 Å². The molecule has 0 aromatic carbocycles. The zero-order chi connectivity index (χ0) is 37.5. The van der Waals surface area contributed by atoms with Crippen LogP contribution in [-0.2, 0) is 32.7 Å². The van der Waals surface area contributed by atoms with Gasteiger partial charge in [0, 0.05) is 19.4 Å². The first-order valence-electron chi connectivity index (χ1n) is 20.1. The van der Waals surface area contributed by atoms with Crippen molar-refractivity contribution in [2.24, 2.45) is 5.73 Å². The molecule has 296 valence electrons. The number of nitrogens with two attached hydrogens (primary N) is 1. The summed E-state index contributed by atoms with van der Waals surface area (Å²) in [6.07, 6.45) is 41.4. The van der Waals surface area contributed by atoms with E-state index in [1.165, 1.54) is 70.6 Å². The molecule has 0 spiro atoms. The summed E-state index contributed by atoms with van der Waals surface area (Å²) in [5.41, 5.74) is 5.33. The fourth-order valence-corrected chi connectivity index (χ4v) is 5.97. The van der Waals surface area contributed by atoms with Crippen molar-refractivity contribution < 1.29 is 37.6 Å². The Morgan fingerprint density at radius 2 is 1.02 bits per heavy atom. The minimum atomic E-state index is -4.38. The lowest BCUT2D eigenvalue weighted by atomic mass is 10.1. The van der Waals surface area contributed by atoms with Crippen LogP contribution in [-0.4, -0.2) is 49.3 Å². The van der Waals surface area contributed by atoms with Crippen molar-refractivity contribution in [2.75, 3.05) is 26.4 Å². The Labute approximate surface area is 311 Å². The lowest BCUT2D eigenvalue weighted by molar-refractivity contribution is -0.161. The first-order valence-corrected chi connectivity index (χ1v) is 21.6. The van der Waals surface area contributed by atoms with E-state index < -0.39 is 32.5 Å². The number of hydrogen-bond acceptors (Lipinski definition) is 8. The molecule has 0 aliphatic rings. The van der Waals surface area contributed by atoms with Gasteiger partial charge in [-0.2, -0.15) is 0 Å². The second-order valence-corrected chi connectivity index (χ2v) is 14.6. The van der Waals surface area contributed by atoms with Gasteiger partial charge < -0.3 is 20.1 Å². The van der Waals surface area contributed by atoms with Gasteiger partial charge in [-0.1, -0.05) is 146 Å². The topological polar surface area (TPSA) is 134 Å². The number of allylic oxidation sites excluding steroid dienone is 8. The predicted molar refractivity (Wildman–Crippen MR) is 210 cm³/mol. The molecule has 3 N–H and O–H groups in total. The van der Waals surface area contributed by atoms with Crippen molar-refractivity contribution in [1.82, 2.24) is 0 Å². The van der Waals surface area contributed by atoms with E-state index in [2.05, 4.69) is 62.5 Å². The van der Waals surface area contributed by atoms with Crippen LogP contribution in [0.25, 0.3) is 0 Å². The Balaban J connectivity index is 4.24. The molecule has 0 fully saturated rings. The molecular weight excluding hydrogens is 665 g/mol. The highest BCUT2D eigenvalue weighted by Crippen LogP contribution is 2.43. The number of unbranched alkanes of at least 4 members (excludes halogenated alkanes) is 16. The van der Waals surface area contributed by atoms with E-state index in [9.17, 15) is 19.0 Å². The average molecular weight is 740 g/mol. The Kier molecular flexibility index (Phi) is 36.2. The van der Waals surface area contributed by atoms with E-state index in [1.54, 1.807) is 0 Å².